The van der Waals surface area contributed by atoms with E-state index in [2.05, 4.69) is 15.0 Å². The van der Waals surface area contributed by atoms with Gasteiger partial charge in [0.1, 0.15) is 34.8 Å². The maximum absolute atomic E-state index is 15.1. The average Bonchev–Trinajstić information content (AvgIpc) is 3.27. The van der Waals surface area contributed by atoms with Crippen LogP contribution in [0.25, 0.3) is 22.2 Å². The SMILES string of the molecule is Cc1nc2c(-c3ccc(Cl)cc3F)nc(N3CC(c4cnn(C)c4)OC4(CCC4)C3)cc2c(=O)n1C. The zero-order chi connectivity index (χ0) is 25.2. The first-order chi connectivity index (χ1) is 17.2. The molecule has 10 heteroatoms. The molecule has 1 aliphatic heterocycles. The smallest absolute Gasteiger partial charge is 0.261 e. The number of aromatic nitrogens is 5. The summed E-state index contributed by atoms with van der Waals surface area (Å²) in [6.45, 7) is 2.93. The van der Waals surface area contributed by atoms with Crippen LogP contribution in [-0.2, 0) is 18.8 Å². The van der Waals surface area contributed by atoms with E-state index in [1.807, 2.05) is 19.4 Å². The Bertz CT molecular complexity index is 1560. The number of benzene rings is 1. The van der Waals surface area contributed by atoms with Crippen LogP contribution in [0.3, 0.4) is 0 Å². The molecule has 1 unspecified atom stereocenters. The summed E-state index contributed by atoms with van der Waals surface area (Å²) in [6.07, 6.45) is 6.60. The molecule has 1 saturated carbocycles. The van der Waals surface area contributed by atoms with Gasteiger partial charge in [0, 0.05) is 43.0 Å². The van der Waals surface area contributed by atoms with E-state index in [0.29, 0.717) is 41.3 Å². The van der Waals surface area contributed by atoms with Crippen molar-refractivity contribution < 1.29 is 9.13 Å². The van der Waals surface area contributed by atoms with Gasteiger partial charge >= 0.3 is 0 Å². The third kappa shape index (κ3) is 3.77. The molecule has 186 valence electrons. The van der Waals surface area contributed by atoms with E-state index >= 15 is 4.39 Å². The quantitative estimate of drug-likeness (QED) is 0.410. The topological polar surface area (TPSA) is 78.1 Å². The van der Waals surface area contributed by atoms with Crippen molar-refractivity contribution in [1.29, 1.82) is 0 Å². The average molecular weight is 509 g/mol. The molecule has 0 bridgehead atoms. The van der Waals surface area contributed by atoms with Gasteiger partial charge in [-0.25, -0.2) is 14.4 Å². The Kier molecular flexibility index (Phi) is 5.38. The Labute approximate surface area is 212 Å². The number of nitrogens with zero attached hydrogens (tertiary/aromatic N) is 6. The second-order valence-electron chi connectivity index (χ2n) is 9.84. The second kappa shape index (κ2) is 8.38. The molecule has 36 heavy (non-hydrogen) atoms. The van der Waals surface area contributed by atoms with Crippen LogP contribution in [0.4, 0.5) is 10.2 Å². The van der Waals surface area contributed by atoms with E-state index < -0.39 is 5.82 Å². The molecule has 0 radical (unpaired) electrons. The summed E-state index contributed by atoms with van der Waals surface area (Å²) in [5, 5.41) is 5.00. The van der Waals surface area contributed by atoms with Crippen molar-refractivity contribution in [1.82, 2.24) is 24.3 Å². The molecule has 4 aromatic rings. The minimum atomic E-state index is -0.515. The molecule has 0 N–H and O–H groups in total. The number of hydrogen-bond donors (Lipinski definition) is 0. The molecule has 1 atom stereocenters. The molecule has 6 rings (SSSR count). The first kappa shape index (κ1) is 23.1. The van der Waals surface area contributed by atoms with Crippen LogP contribution in [0.1, 0.15) is 36.8 Å². The number of ether oxygens (including phenoxy) is 1. The van der Waals surface area contributed by atoms with Crippen LogP contribution in [0.5, 0.6) is 0 Å². The van der Waals surface area contributed by atoms with E-state index in [1.54, 1.807) is 36.9 Å². The molecule has 1 saturated heterocycles. The summed E-state index contributed by atoms with van der Waals surface area (Å²) >= 11 is 6.02. The molecule has 0 amide bonds. The number of morpholine rings is 1. The van der Waals surface area contributed by atoms with Gasteiger partial charge in [0.25, 0.3) is 5.56 Å². The van der Waals surface area contributed by atoms with Crippen molar-refractivity contribution in [3.8, 4) is 11.3 Å². The van der Waals surface area contributed by atoms with E-state index in [4.69, 9.17) is 21.3 Å². The fourth-order valence-corrected chi connectivity index (χ4v) is 5.35. The van der Waals surface area contributed by atoms with Crippen LogP contribution in [0.15, 0.2) is 41.5 Å². The van der Waals surface area contributed by atoms with Gasteiger partial charge in [-0.15, -0.1) is 0 Å². The van der Waals surface area contributed by atoms with Gasteiger partial charge in [0.15, 0.2) is 0 Å². The van der Waals surface area contributed by atoms with Crippen LogP contribution < -0.4 is 10.5 Å². The second-order valence-corrected chi connectivity index (χ2v) is 10.3. The largest absolute Gasteiger partial charge is 0.363 e. The molecule has 3 aromatic heterocycles. The molecule has 1 spiro atoms. The van der Waals surface area contributed by atoms with E-state index in [1.165, 1.54) is 10.6 Å². The van der Waals surface area contributed by atoms with Crippen LogP contribution in [0.2, 0.25) is 5.02 Å². The summed E-state index contributed by atoms with van der Waals surface area (Å²) in [4.78, 5) is 25.0. The summed E-state index contributed by atoms with van der Waals surface area (Å²) in [5.41, 5.74) is 1.46. The summed E-state index contributed by atoms with van der Waals surface area (Å²) in [7, 11) is 3.56. The summed E-state index contributed by atoms with van der Waals surface area (Å²) in [6, 6.07) is 6.23. The molecule has 8 nitrogen and oxygen atoms in total. The van der Waals surface area contributed by atoms with Gasteiger partial charge in [-0.05, 0) is 50.5 Å². The number of fused-ring (bicyclic) bond motifs is 1. The number of halogens is 2. The minimum Gasteiger partial charge on any atom is -0.363 e. The van der Waals surface area contributed by atoms with E-state index in [-0.39, 0.29) is 27.9 Å². The minimum absolute atomic E-state index is 0.194. The van der Waals surface area contributed by atoms with Gasteiger partial charge in [-0.1, -0.05) is 11.6 Å². The highest BCUT2D eigenvalue weighted by Gasteiger charge is 2.46. The third-order valence-electron chi connectivity index (χ3n) is 7.40. The van der Waals surface area contributed by atoms with Crippen molar-refractivity contribution in [3.63, 3.8) is 0 Å². The third-order valence-corrected chi connectivity index (χ3v) is 7.64. The Morgan fingerprint density at radius 2 is 2.00 bits per heavy atom. The lowest BCUT2D eigenvalue weighted by atomic mass is 9.78. The Balaban J connectivity index is 1.53. The fraction of sp³-hybridized carbons (Fsp3) is 0.385. The fourth-order valence-electron chi connectivity index (χ4n) is 5.19. The van der Waals surface area contributed by atoms with Gasteiger partial charge in [0.05, 0.1) is 23.7 Å². The maximum atomic E-state index is 15.1. The lowest BCUT2D eigenvalue weighted by Crippen LogP contribution is -2.56. The Hall–Kier alpha value is -3.30. The predicted molar refractivity (Wildman–Crippen MR) is 136 cm³/mol. The highest BCUT2D eigenvalue weighted by molar-refractivity contribution is 6.30. The van der Waals surface area contributed by atoms with Crippen molar-refractivity contribution in [2.24, 2.45) is 14.1 Å². The highest BCUT2D eigenvalue weighted by Crippen LogP contribution is 2.45. The number of pyridine rings is 1. The molecule has 2 aliphatic rings. The molecule has 2 fully saturated rings. The summed E-state index contributed by atoms with van der Waals surface area (Å²) in [5.74, 6) is 0.603. The van der Waals surface area contributed by atoms with Crippen LogP contribution in [-0.4, -0.2) is 43.0 Å². The van der Waals surface area contributed by atoms with Gasteiger partial charge in [0.2, 0.25) is 0 Å². The molecule has 1 aromatic carbocycles. The van der Waals surface area contributed by atoms with E-state index in [9.17, 15) is 4.79 Å². The molecule has 4 heterocycles. The van der Waals surface area contributed by atoms with Gasteiger partial charge in [-0.3, -0.25) is 14.0 Å². The van der Waals surface area contributed by atoms with Crippen molar-refractivity contribution >= 4 is 28.3 Å². The first-order valence-corrected chi connectivity index (χ1v) is 12.4. The summed E-state index contributed by atoms with van der Waals surface area (Å²) < 4.78 is 25.0. The number of rotatable bonds is 3. The number of aryl methyl sites for hydroxylation is 2. The monoisotopic (exact) mass is 508 g/mol. The Morgan fingerprint density at radius 3 is 2.67 bits per heavy atom. The van der Waals surface area contributed by atoms with Gasteiger partial charge in [-0.2, -0.15) is 5.10 Å². The van der Waals surface area contributed by atoms with Crippen LogP contribution in [0, 0.1) is 12.7 Å². The zero-order valence-electron chi connectivity index (χ0n) is 20.3. The van der Waals surface area contributed by atoms with Gasteiger partial charge < -0.3 is 9.64 Å². The first-order valence-electron chi connectivity index (χ1n) is 12.0. The maximum Gasteiger partial charge on any atom is 0.261 e. The highest BCUT2D eigenvalue weighted by atomic mass is 35.5. The predicted octanol–water partition coefficient (Wildman–Crippen LogP) is 4.33. The standard InChI is InChI=1S/C26H26ClFN6O2/c1-15-30-24-19(25(35)33(15)3)10-22(31-23(24)18-6-5-17(27)9-20(18)28)34-13-21(16-11-29-32(2)12-16)36-26(14-34)7-4-8-26/h5-6,9-12,21H,4,7-8,13-14H2,1-3H3. The number of anilines is 1. The molecular weight excluding hydrogens is 483 g/mol. The van der Waals surface area contributed by atoms with E-state index in [0.717, 1.165) is 24.8 Å². The van der Waals surface area contributed by atoms with Crippen molar-refractivity contribution in [2.75, 3.05) is 18.0 Å². The lowest BCUT2D eigenvalue weighted by Gasteiger charge is -2.51. The Morgan fingerprint density at radius 1 is 1.19 bits per heavy atom. The molecule has 1 aliphatic carbocycles. The zero-order valence-corrected chi connectivity index (χ0v) is 21.1. The number of hydrogen-bond acceptors (Lipinski definition) is 6. The van der Waals surface area contributed by atoms with Crippen molar-refractivity contribution in [2.45, 2.75) is 37.9 Å². The normalized spacial score (nSPS) is 19.1. The van der Waals surface area contributed by atoms with Crippen LogP contribution >= 0.6 is 11.6 Å². The molecular formula is C26H26ClFN6O2. The van der Waals surface area contributed by atoms with Crippen molar-refractivity contribution in [3.05, 3.63) is 69.2 Å². The lowest BCUT2D eigenvalue weighted by molar-refractivity contribution is -0.150.